The van der Waals surface area contributed by atoms with Gasteiger partial charge in [-0.2, -0.15) is 0 Å². The molecule has 0 saturated heterocycles. The van der Waals surface area contributed by atoms with Gasteiger partial charge in [0.25, 0.3) is 0 Å². The summed E-state index contributed by atoms with van der Waals surface area (Å²) in [6.07, 6.45) is 5.35. The van der Waals surface area contributed by atoms with Crippen LogP contribution in [0.3, 0.4) is 0 Å². The van der Waals surface area contributed by atoms with Crippen LogP contribution in [0.5, 0.6) is 0 Å². The van der Waals surface area contributed by atoms with Crippen molar-refractivity contribution in [3.05, 3.63) is 35.0 Å². The SMILES string of the molecule is Cc1nc(C2CCCC2)sc1-c1ccc(N)cc1. The van der Waals surface area contributed by atoms with Crippen molar-refractivity contribution in [2.75, 3.05) is 5.73 Å². The van der Waals surface area contributed by atoms with Crippen LogP contribution in [0, 0.1) is 6.92 Å². The molecule has 1 saturated carbocycles. The Morgan fingerprint density at radius 2 is 1.83 bits per heavy atom. The topological polar surface area (TPSA) is 38.9 Å². The van der Waals surface area contributed by atoms with E-state index in [1.54, 1.807) is 0 Å². The molecule has 94 valence electrons. The number of thiazole rings is 1. The van der Waals surface area contributed by atoms with Crippen molar-refractivity contribution < 1.29 is 0 Å². The molecule has 0 amide bonds. The van der Waals surface area contributed by atoms with Crippen molar-refractivity contribution in [2.24, 2.45) is 0 Å². The number of aromatic nitrogens is 1. The first kappa shape index (κ1) is 11.7. The lowest BCUT2D eigenvalue weighted by molar-refractivity contribution is 0.714. The minimum atomic E-state index is 0.705. The van der Waals surface area contributed by atoms with E-state index in [2.05, 4.69) is 19.1 Å². The molecule has 0 bridgehead atoms. The fourth-order valence-corrected chi connectivity index (χ4v) is 3.91. The Morgan fingerprint density at radius 3 is 2.50 bits per heavy atom. The number of nitrogens with zero attached hydrogens (tertiary/aromatic N) is 1. The summed E-state index contributed by atoms with van der Waals surface area (Å²) < 4.78 is 0. The Balaban J connectivity index is 1.94. The molecule has 1 fully saturated rings. The lowest BCUT2D eigenvalue weighted by Gasteiger charge is -2.02. The highest BCUT2D eigenvalue weighted by molar-refractivity contribution is 7.15. The van der Waals surface area contributed by atoms with Gasteiger partial charge in [-0.15, -0.1) is 11.3 Å². The predicted octanol–water partition coefficient (Wildman–Crippen LogP) is 4.36. The van der Waals surface area contributed by atoms with E-state index in [1.807, 2.05) is 23.5 Å². The summed E-state index contributed by atoms with van der Waals surface area (Å²) in [5.41, 5.74) is 8.95. The molecule has 1 aliphatic rings. The van der Waals surface area contributed by atoms with Crippen LogP contribution in [0.15, 0.2) is 24.3 Å². The minimum Gasteiger partial charge on any atom is -0.399 e. The zero-order valence-corrected chi connectivity index (χ0v) is 11.5. The first-order valence-corrected chi connectivity index (χ1v) is 7.39. The van der Waals surface area contributed by atoms with Gasteiger partial charge in [0, 0.05) is 11.6 Å². The Hall–Kier alpha value is -1.35. The van der Waals surface area contributed by atoms with E-state index < -0.39 is 0 Å². The molecule has 1 aromatic carbocycles. The summed E-state index contributed by atoms with van der Waals surface area (Å²) in [4.78, 5) is 6.08. The summed E-state index contributed by atoms with van der Waals surface area (Å²) in [7, 11) is 0. The van der Waals surface area contributed by atoms with E-state index in [9.17, 15) is 0 Å². The number of rotatable bonds is 2. The Labute approximate surface area is 112 Å². The monoisotopic (exact) mass is 258 g/mol. The largest absolute Gasteiger partial charge is 0.399 e. The maximum atomic E-state index is 5.74. The first-order chi connectivity index (χ1) is 8.74. The minimum absolute atomic E-state index is 0.705. The zero-order chi connectivity index (χ0) is 12.5. The van der Waals surface area contributed by atoms with E-state index >= 15 is 0 Å². The first-order valence-electron chi connectivity index (χ1n) is 6.57. The van der Waals surface area contributed by atoms with Crippen molar-refractivity contribution in [1.82, 2.24) is 4.98 Å². The fourth-order valence-electron chi connectivity index (χ4n) is 2.67. The molecule has 1 aliphatic carbocycles. The van der Waals surface area contributed by atoms with Crippen LogP contribution in [0.2, 0.25) is 0 Å². The van der Waals surface area contributed by atoms with Crippen LogP contribution >= 0.6 is 11.3 Å². The molecule has 2 aromatic rings. The Morgan fingerprint density at radius 1 is 1.17 bits per heavy atom. The molecule has 0 unspecified atom stereocenters. The lowest BCUT2D eigenvalue weighted by atomic mass is 10.1. The van der Waals surface area contributed by atoms with Crippen LogP contribution in [0.25, 0.3) is 10.4 Å². The molecule has 0 aliphatic heterocycles. The van der Waals surface area contributed by atoms with Gasteiger partial charge in [0.1, 0.15) is 0 Å². The number of hydrogen-bond donors (Lipinski definition) is 1. The highest BCUT2D eigenvalue weighted by atomic mass is 32.1. The molecule has 3 heteroatoms. The zero-order valence-electron chi connectivity index (χ0n) is 10.6. The van der Waals surface area contributed by atoms with Crippen LogP contribution in [-0.2, 0) is 0 Å². The average Bonchev–Trinajstić information content (AvgIpc) is 2.99. The smallest absolute Gasteiger partial charge is 0.0965 e. The van der Waals surface area contributed by atoms with Crippen molar-refractivity contribution in [3.63, 3.8) is 0 Å². The maximum Gasteiger partial charge on any atom is 0.0965 e. The second-order valence-electron chi connectivity index (χ2n) is 5.07. The molecule has 1 aromatic heterocycles. The summed E-state index contributed by atoms with van der Waals surface area (Å²) in [5, 5.41) is 1.33. The van der Waals surface area contributed by atoms with E-state index in [1.165, 1.54) is 41.1 Å². The molecule has 2 N–H and O–H groups in total. The number of aryl methyl sites for hydroxylation is 1. The second-order valence-corrected chi connectivity index (χ2v) is 6.10. The number of hydrogen-bond acceptors (Lipinski definition) is 3. The van der Waals surface area contributed by atoms with E-state index in [0.29, 0.717) is 5.92 Å². The third-order valence-electron chi connectivity index (χ3n) is 3.69. The van der Waals surface area contributed by atoms with E-state index in [0.717, 1.165) is 11.4 Å². The maximum absolute atomic E-state index is 5.74. The van der Waals surface area contributed by atoms with Gasteiger partial charge in [0.15, 0.2) is 0 Å². The number of nitrogens with two attached hydrogens (primary N) is 1. The van der Waals surface area contributed by atoms with Gasteiger partial charge in [-0.3, -0.25) is 0 Å². The predicted molar refractivity (Wildman–Crippen MR) is 77.9 cm³/mol. The summed E-state index contributed by atoms with van der Waals surface area (Å²) in [6.45, 7) is 2.11. The van der Waals surface area contributed by atoms with Gasteiger partial charge in [0.2, 0.25) is 0 Å². The van der Waals surface area contributed by atoms with Crippen LogP contribution in [0.4, 0.5) is 5.69 Å². The summed E-state index contributed by atoms with van der Waals surface area (Å²) in [6, 6.07) is 8.11. The molecule has 0 spiro atoms. The lowest BCUT2D eigenvalue weighted by Crippen LogP contribution is -1.90. The molecule has 18 heavy (non-hydrogen) atoms. The Kier molecular flexibility index (Phi) is 3.08. The second kappa shape index (κ2) is 4.73. The van der Waals surface area contributed by atoms with Crippen LogP contribution < -0.4 is 5.73 Å². The third kappa shape index (κ3) is 2.15. The summed E-state index contributed by atoms with van der Waals surface area (Å²) in [5.74, 6) is 0.705. The van der Waals surface area contributed by atoms with Gasteiger partial charge < -0.3 is 5.73 Å². The van der Waals surface area contributed by atoms with Crippen molar-refractivity contribution in [2.45, 2.75) is 38.5 Å². The van der Waals surface area contributed by atoms with Crippen LogP contribution in [-0.4, -0.2) is 4.98 Å². The van der Waals surface area contributed by atoms with Crippen molar-refractivity contribution in [3.8, 4) is 10.4 Å². The molecule has 1 heterocycles. The average molecular weight is 258 g/mol. The normalized spacial score (nSPS) is 16.3. The molecule has 0 atom stereocenters. The van der Waals surface area contributed by atoms with Crippen molar-refractivity contribution in [1.29, 1.82) is 0 Å². The van der Waals surface area contributed by atoms with Crippen molar-refractivity contribution >= 4 is 17.0 Å². The quantitative estimate of drug-likeness (QED) is 0.813. The highest BCUT2D eigenvalue weighted by Gasteiger charge is 2.21. The van der Waals surface area contributed by atoms with Gasteiger partial charge in [-0.1, -0.05) is 25.0 Å². The summed E-state index contributed by atoms with van der Waals surface area (Å²) >= 11 is 1.86. The molecular weight excluding hydrogens is 240 g/mol. The van der Waals surface area contributed by atoms with E-state index in [-0.39, 0.29) is 0 Å². The molecular formula is C15H18N2S. The standard InChI is InChI=1S/C15H18N2S/c1-10-14(11-6-8-13(16)9-7-11)18-15(17-10)12-4-2-3-5-12/h6-9,12H,2-5,16H2,1H3. The number of nitrogen functional groups attached to an aromatic ring is 1. The number of benzene rings is 1. The van der Waals surface area contributed by atoms with Gasteiger partial charge >= 0.3 is 0 Å². The highest BCUT2D eigenvalue weighted by Crippen LogP contribution is 2.40. The Bertz CT molecular complexity index is 536. The number of anilines is 1. The third-order valence-corrected chi connectivity index (χ3v) is 5.06. The molecule has 0 radical (unpaired) electrons. The van der Waals surface area contributed by atoms with E-state index in [4.69, 9.17) is 10.7 Å². The van der Waals surface area contributed by atoms with Gasteiger partial charge in [-0.05, 0) is 37.5 Å². The van der Waals surface area contributed by atoms with Gasteiger partial charge in [0.05, 0.1) is 15.6 Å². The molecule has 2 nitrogen and oxygen atoms in total. The fraction of sp³-hybridized carbons (Fsp3) is 0.400. The van der Waals surface area contributed by atoms with Crippen LogP contribution in [0.1, 0.15) is 42.3 Å². The van der Waals surface area contributed by atoms with Gasteiger partial charge in [-0.25, -0.2) is 4.98 Å². The molecule has 3 rings (SSSR count).